The van der Waals surface area contributed by atoms with Crippen molar-refractivity contribution in [3.63, 3.8) is 0 Å². The van der Waals surface area contributed by atoms with Crippen LogP contribution in [0.2, 0.25) is 5.02 Å². The van der Waals surface area contributed by atoms with E-state index in [2.05, 4.69) is 41.3 Å². The number of aromatic amines is 1. The van der Waals surface area contributed by atoms with Crippen LogP contribution in [0.1, 0.15) is 11.1 Å². The van der Waals surface area contributed by atoms with E-state index >= 15 is 0 Å². The first kappa shape index (κ1) is 19.0. The Hall–Kier alpha value is -3.31. The zero-order valence-electron chi connectivity index (χ0n) is 16.1. The van der Waals surface area contributed by atoms with Gasteiger partial charge in [-0.05, 0) is 85.6 Å². The van der Waals surface area contributed by atoms with Gasteiger partial charge in [-0.3, -0.25) is 4.79 Å². The van der Waals surface area contributed by atoms with Crippen LogP contribution in [-0.2, 0) is 4.79 Å². The van der Waals surface area contributed by atoms with Crippen molar-refractivity contribution < 1.29 is 9.53 Å². The molecular weight excluding hydrogens is 386 g/mol. The number of hydrogen-bond donors (Lipinski definition) is 2. The van der Waals surface area contributed by atoms with Crippen LogP contribution >= 0.6 is 11.6 Å². The number of ether oxygens (including phenoxy) is 1. The van der Waals surface area contributed by atoms with Crippen LogP contribution < -0.4 is 10.1 Å². The lowest BCUT2D eigenvalue weighted by molar-refractivity contribution is -0.118. The van der Waals surface area contributed by atoms with Gasteiger partial charge in [-0.15, -0.1) is 0 Å². The number of rotatable bonds is 5. The number of nitrogens with one attached hydrogen (secondary N) is 2. The summed E-state index contributed by atoms with van der Waals surface area (Å²) in [5.41, 5.74) is 6.05. The highest BCUT2D eigenvalue weighted by molar-refractivity contribution is 6.30. The van der Waals surface area contributed by atoms with Crippen molar-refractivity contribution in [2.75, 3.05) is 11.9 Å². The molecule has 5 nitrogen and oxygen atoms in total. The van der Waals surface area contributed by atoms with Crippen molar-refractivity contribution in [3.05, 3.63) is 76.8 Å². The van der Waals surface area contributed by atoms with E-state index in [0.29, 0.717) is 16.5 Å². The van der Waals surface area contributed by atoms with Gasteiger partial charge in [0.15, 0.2) is 6.61 Å². The molecule has 29 heavy (non-hydrogen) atoms. The quantitative estimate of drug-likeness (QED) is 0.459. The van der Waals surface area contributed by atoms with Gasteiger partial charge in [0.05, 0.1) is 11.0 Å². The molecule has 0 saturated heterocycles. The summed E-state index contributed by atoms with van der Waals surface area (Å²) < 4.78 is 5.46. The Kier molecular flexibility index (Phi) is 5.23. The van der Waals surface area contributed by atoms with E-state index in [4.69, 9.17) is 16.3 Å². The predicted molar refractivity (Wildman–Crippen MR) is 117 cm³/mol. The summed E-state index contributed by atoms with van der Waals surface area (Å²) in [5.74, 6) is 1.16. The topological polar surface area (TPSA) is 67.0 Å². The molecule has 0 unspecified atom stereocenters. The lowest BCUT2D eigenvalue weighted by Crippen LogP contribution is -2.20. The maximum absolute atomic E-state index is 12.1. The Morgan fingerprint density at radius 3 is 2.45 bits per heavy atom. The average Bonchev–Trinajstić information content (AvgIpc) is 3.11. The number of amides is 1. The molecule has 0 atom stereocenters. The normalized spacial score (nSPS) is 10.9. The van der Waals surface area contributed by atoms with Crippen molar-refractivity contribution in [2.45, 2.75) is 13.8 Å². The third-order valence-corrected chi connectivity index (χ3v) is 4.97. The maximum Gasteiger partial charge on any atom is 0.262 e. The molecule has 0 aliphatic rings. The summed E-state index contributed by atoms with van der Waals surface area (Å²) in [7, 11) is 0. The van der Waals surface area contributed by atoms with Gasteiger partial charge in [-0.2, -0.15) is 0 Å². The number of carbonyl (C=O) groups is 1. The fraction of sp³-hybridized carbons (Fsp3) is 0.130. The molecular formula is C23H20ClN3O2. The van der Waals surface area contributed by atoms with Crippen molar-refractivity contribution in [3.8, 4) is 17.1 Å². The number of hydrogen-bond acceptors (Lipinski definition) is 3. The summed E-state index contributed by atoms with van der Waals surface area (Å²) in [6, 6.07) is 18.6. The molecule has 146 valence electrons. The number of aryl methyl sites for hydroxylation is 2. The highest BCUT2D eigenvalue weighted by Crippen LogP contribution is 2.24. The van der Waals surface area contributed by atoms with Crippen molar-refractivity contribution in [2.24, 2.45) is 0 Å². The van der Waals surface area contributed by atoms with Crippen molar-refractivity contribution >= 4 is 34.2 Å². The van der Waals surface area contributed by atoms with Gasteiger partial charge < -0.3 is 15.0 Å². The number of fused-ring (bicyclic) bond motifs is 1. The van der Waals surface area contributed by atoms with Crippen LogP contribution in [0.3, 0.4) is 0 Å². The number of anilines is 1. The molecule has 0 radical (unpaired) electrons. The molecule has 6 heteroatoms. The second-order valence-corrected chi connectivity index (χ2v) is 7.34. The molecule has 1 aromatic heterocycles. The Bertz CT molecular complexity index is 1130. The molecule has 1 heterocycles. The molecule has 4 rings (SSSR count). The molecule has 0 bridgehead atoms. The minimum absolute atomic E-state index is 0.0777. The predicted octanol–water partition coefficient (Wildman–Crippen LogP) is 5.52. The van der Waals surface area contributed by atoms with Crippen LogP contribution in [0.25, 0.3) is 22.4 Å². The zero-order valence-corrected chi connectivity index (χ0v) is 16.9. The van der Waals surface area contributed by atoms with Gasteiger partial charge in [0.1, 0.15) is 11.6 Å². The summed E-state index contributed by atoms with van der Waals surface area (Å²) in [5, 5.41) is 3.44. The lowest BCUT2D eigenvalue weighted by atomic mass is 10.1. The first-order chi connectivity index (χ1) is 14.0. The van der Waals surface area contributed by atoms with Crippen LogP contribution in [0.15, 0.2) is 60.7 Å². The monoisotopic (exact) mass is 405 g/mol. The number of halogens is 1. The van der Waals surface area contributed by atoms with Crippen molar-refractivity contribution in [1.82, 2.24) is 9.97 Å². The van der Waals surface area contributed by atoms with Crippen LogP contribution in [0, 0.1) is 13.8 Å². The van der Waals surface area contributed by atoms with E-state index in [1.54, 1.807) is 24.3 Å². The van der Waals surface area contributed by atoms with Crippen LogP contribution in [0.4, 0.5) is 5.69 Å². The highest BCUT2D eigenvalue weighted by Gasteiger charge is 2.08. The van der Waals surface area contributed by atoms with E-state index in [-0.39, 0.29) is 12.5 Å². The van der Waals surface area contributed by atoms with E-state index in [1.165, 1.54) is 11.1 Å². The van der Waals surface area contributed by atoms with Gasteiger partial charge in [0.2, 0.25) is 0 Å². The van der Waals surface area contributed by atoms with E-state index in [9.17, 15) is 4.79 Å². The third kappa shape index (κ3) is 4.41. The Morgan fingerprint density at radius 1 is 1.03 bits per heavy atom. The lowest BCUT2D eigenvalue weighted by Gasteiger charge is -2.08. The molecule has 2 N–H and O–H groups in total. The SMILES string of the molecule is Cc1cc2nc(-c3ccc(NC(=O)COc4ccc(Cl)cc4)cc3)[nH]c2cc1C. The van der Waals surface area contributed by atoms with Gasteiger partial charge in [0, 0.05) is 16.3 Å². The van der Waals surface area contributed by atoms with E-state index < -0.39 is 0 Å². The first-order valence-electron chi connectivity index (χ1n) is 9.23. The van der Waals surface area contributed by atoms with Crippen LogP contribution in [0.5, 0.6) is 5.75 Å². The zero-order chi connectivity index (χ0) is 20.4. The third-order valence-electron chi connectivity index (χ3n) is 4.72. The van der Waals surface area contributed by atoms with Gasteiger partial charge >= 0.3 is 0 Å². The Morgan fingerprint density at radius 2 is 1.72 bits per heavy atom. The minimum atomic E-state index is -0.234. The summed E-state index contributed by atoms with van der Waals surface area (Å²) in [4.78, 5) is 20.1. The summed E-state index contributed by atoms with van der Waals surface area (Å²) in [6.45, 7) is 4.09. The number of benzene rings is 3. The van der Waals surface area contributed by atoms with Gasteiger partial charge in [-0.25, -0.2) is 4.98 Å². The Balaban J connectivity index is 1.41. The van der Waals surface area contributed by atoms with Crippen LogP contribution in [-0.4, -0.2) is 22.5 Å². The molecule has 0 aliphatic heterocycles. The Labute approximate surface area is 173 Å². The second-order valence-electron chi connectivity index (χ2n) is 6.91. The fourth-order valence-corrected chi connectivity index (χ4v) is 3.12. The molecule has 0 spiro atoms. The van der Waals surface area contributed by atoms with E-state index in [0.717, 1.165) is 22.4 Å². The number of carbonyl (C=O) groups excluding carboxylic acids is 1. The molecule has 0 saturated carbocycles. The maximum atomic E-state index is 12.1. The summed E-state index contributed by atoms with van der Waals surface area (Å²) in [6.07, 6.45) is 0. The largest absolute Gasteiger partial charge is 0.484 e. The fourth-order valence-electron chi connectivity index (χ4n) is 2.99. The highest BCUT2D eigenvalue weighted by atomic mass is 35.5. The van der Waals surface area contributed by atoms with Gasteiger partial charge in [0.25, 0.3) is 5.91 Å². The second kappa shape index (κ2) is 7.97. The molecule has 0 fully saturated rings. The molecule has 3 aromatic carbocycles. The minimum Gasteiger partial charge on any atom is -0.484 e. The number of imidazole rings is 1. The standard InChI is InChI=1S/C23H20ClN3O2/c1-14-11-20-21(12-15(14)2)27-23(26-20)16-3-7-18(8-4-16)25-22(28)13-29-19-9-5-17(24)6-10-19/h3-12H,13H2,1-2H3,(H,25,28)(H,26,27). The average molecular weight is 406 g/mol. The summed E-state index contributed by atoms with van der Waals surface area (Å²) >= 11 is 5.83. The molecule has 4 aromatic rings. The number of aromatic nitrogens is 2. The molecule has 1 amide bonds. The molecule has 0 aliphatic carbocycles. The number of nitrogens with zero attached hydrogens (tertiary/aromatic N) is 1. The number of H-pyrrole nitrogens is 1. The van der Waals surface area contributed by atoms with Gasteiger partial charge in [-0.1, -0.05) is 11.6 Å². The first-order valence-corrected chi connectivity index (χ1v) is 9.61. The smallest absolute Gasteiger partial charge is 0.262 e. The van der Waals surface area contributed by atoms with E-state index in [1.807, 2.05) is 24.3 Å². The van der Waals surface area contributed by atoms with Crippen molar-refractivity contribution in [1.29, 1.82) is 0 Å².